The summed E-state index contributed by atoms with van der Waals surface area (Å²) in [4.78, 5) is 27.7. The Labute approximate surface area is 192 Å². The van der Waals surface area contributed by atoms with Gasteiger partial charge in [-0.2, -0.15) is 0 Å². The summed E-state index contributed by atoms with van der Waals surface area (Å²) in [6, 6.07) is 11.8. The smallest absolute Gasteiger partial charge is 0.275 e. The van der Waals surface area contributed by atoms with E-state index in [4.69, 9.17) is 0 Å². The van der Waals surface area contributed by atoms with Crippen LogP contribution in [0.1, 0.15) is 49.9 Å². The molecule has 33 heavy (non-hydrogen) atoms. The van der Waals surface area contributed by atoms with Crippen LogP contribution in [0, 0.1) is 11.1 Å². The molecule has 0 radical (unpaired) electrons. The monoisotopic (exact) mass is 449 g/mol. The van der Waals surface area contributed by atoms with Gasteiger partial charge >= 0.3 is 0 Å². The lowest BCUT2D eigenvalue weighted by molar-refractivity contribution is -0.133. The van der Waals surface area contributed by atoms with Crippen molar-refractivity contribution in [3.8, 4) is 0 Å². The van der Waals surface area contributed by atoms with Gasteiger partial charge in [-0.1, -0.05) is 18.2 Å². The molecule has 5 rings (SSSR count). The zero-order valence-electron chi connectivity index (χ0n) is 19.0. The lowest BCUT2D eigenvalue weighted by Crippen LogP contribution is -2.49. The molecule has 2 aromatic heterocycles. The van der Waals surface area contributed by atoms with Crippen LogP contribution < -0.4 is 10.8 Å². The van der Waals surface area contributed by atoms with Gasteiger partial charge in [-0.15, -0.1) is 0 Å². The number of benzene rings is 1. The number of aryl methyl sites for hydroxylation is 1. The molecule has 4 heterocycles. The van der Waals surface area contributed by atoms with Crippen LogP contribution in [0.5, 0.6) is 0 Å². The highest BCUT2D eigenvalue weighted by atomic mass is 16.8. The molecular formula is C25H29N4O4-. The predicted molar refractivity (Wildman–Crippen MR) is 126 cm³/mol. The van der Waals surface area contributed by atoms with Crippen LogP contribution in [-0.2, 0) is 17.8 Å². The third-order valence-electron chi connectivity index (χ3n) is 7.13. The van der Waals surface area contributed by atoms with Gasteiger partial charge in [-0.05, 0) is 56.4 Å². The molecule has 0 aliphatic carbocycles. The van der Waals surface area contributed by atoms with Gasteiger partial charge in [-0.3, -0.25) is 14.8 Å². The van der Waals surface area contributed by atoms with Gasteiger partial charge in [0.25, 0.3) is 5.56 Å². The number of aromatic nitrogens is 2. The second-order valence-electron chi connectivity index (χ2n) is 9.60. The number of nitrogens with zero attached hydrogens (tertiary/aromatic N) is 4. The van der Waals surface area contributed by atoms with Gasteiger partial charge in [0, 0.05) is 60.8 Å². The van der Waals surface area contributed by atoms with Crippen LogP contribution in [0.25, 0.3) is 10.9 Å². The van der Waals surface area contributed by atoms with Crippen molar-refractivity contribution in [1.82, 2.24) is 14.0 Å². The van der Waals surface area contributed by atoms with Crippen molar-refractivity contribution in [2.45, 2.75) is 51.6 Å². The summed E-state index contributed by atoms with van der Waals surface area (Å²) in [6.45, 7) is 5.96. The topological polar surface area (TPSA) is 93.8 Å². The van der Waals surface area contributed by atoms with Crippen molar-refractivity contribution in [2.75, 3.05) is 18.3 Å². The number of carbonyl (C=O) groups is 1. The number of para-hydroxylation sites is 1. The molecule has 2 atom stereocenters. The molecule has 8 heteroatoms. The Morgan fingerprint density at radius 2 is 1.97 bits per heavy atom. The standard InChI is InChI=1S/C25H29N4O4/c1-16(2)27-15-18(20-5-3-4-6-22(20)27)7-10-24(30)26-12-17-11-19(14-26)21-8-9-23(29(32)33)25(31)28(21)13-17/h3-6,8-9,15-17,19,32H,7,10-14H2,1-2H3/q-1. The first-order chi connectivity index (χ1) is 15.8. The Bertz CT molecular complexity index is 1260. The van der Waals surface area contributed by atoms with Crippen LogP contribution in [0.2, 0.25) is 0 Å². The minimum absolute atomic E-state index is 0.0600. The molecule has 2 aliphatic rings. The van der Waals surface area contributed by atoms with E-state index in [1.165, 1.54) is 22.5 Å². The van der Waals surface area contributed by atoms with Gasteiger partial charge in [0.05, 0.1) is 0 Å². The first-order valence-electron chi connectivity index (χ1n) is 11.6. The summed E-state index contributed by atoms with van der Waals surface area (Å²) in [7, 11) is 0. The predicted octanol–water partition coefficient (Wildman–Crippen LogP) is 3.66. The summed E-state index contributed by atoms with van der Waals surface area (Å²) in [5, 5.41) is 21.3. The maximum absolute atomic E-state index is 13.2. The number of rotatable bonds is 5. The molecule has 174 valence electrons. The maximum atomic E-state index is 13.2. The Kier molecular flexibility index (Phi) is 5.50. The molecule has 1 saturated heterocycles. The van der Waals surface area contributed by atoms with Crippen molar-refractivity contribution >= 4 is 22.5 Å². The number of fused-ring (bicyclic) bond motifs is 5. The molecule has 3 aromatic rings. The number of hydrogen-bond acceptors (Lipinski definition) is 5. The van der Waals surface area contributed by atoms with Gasteiger partial charge in [0.1, 0.15) is 5.69 Å². The van der Waals surface area contributed by atoms with E-state index in [9.17, 15) is 20.0 Å². The van der Waals surface area contributed by atoms with E-state index in [0.717, 1.165) is 12.1 Å². The molecule has 2 bridgehead atoms. The fourth-order valence-corrected chi connectivity index (χ4v) is 5.59. The van der Waals surface area contributed by atoms with Gasteiger partial charge in [0.2, 0.25) is 5.91 Å². The molecule has 1 fully saturated rings. The van der Waals surface area contributed by atoms with Crippen molar-refractivity contribution < 1.29 is 10.0 Å². The maximum Gasteiger partial charge on any atom is 0.275 e. The number of amides is 1. The number of anilines is 1. The average Bonchev–Trinajstić information content (AvgIpc) is 3.17. The van der Waals surface area contributed by atoms with Gasteiger partial charge < -0.3 is 24.5 Å². The van der Waals surface area contributed by atoms with E-state index in [1.54, 1.807) is 10.6 Å². The highest BCUT2D eigenvalue weighted by Gasteiger charge is 2.36. The highest BCUT2D eigenvalue weighted by Crippen LogP contribution is 2.36. The zero-order chi connectivity index (χ0) is 23.3. The van der Waals surface area contributed by atoms with E-state index in [1.807, 2.05) is 17.0 Å². The lowest BCUT2D eigenvalue weighted by Gasteiger charge is -2.43. The fraction of sp³-hybridized carbons (Fsp3) is 0.440. The number of carbonyl (C=O) groups excluding carboxylic acids is 1. The van der Waals surface area contributed by atoms with E-state index >= 15 is 0 Å². The van der Waals surface area contributed by atoms with Crippen LogP contribution >= 0.6 is 0 Å². The van der Waals surface area contributed by atoms with Crippen LogP contribution in [0.4, 0.5) is 5.69 Å². The van der Waals surface area contributed by atoms with E-state index in [0.29, 0.717) is 38.5 Å². The molecule has 8 nitrogen and oxygen atoms in total. The van der Waals surface area contributed by atoms with Crippen molar-refractivity contribution in [1.29, 1.82) is 0 Å². The first-order valence-corrected chi connectivity index (χ1v) is 11.6. The molecular weight excluding hydrogens is 420 g/mol. The van der Waals surface area contributed by atoms with Crippen LogP contribution in [0.3, 0.4) is 0 Å². The van der Waals surface area contributed by atoms with Crippen molar-refractivity contribution in [3.63, 3.8) is 0 Å². The molecule has 2 unspecified atom stereocenters. The Balaban J connectivity index is 1.32. The number of pyridine rings is 1. The van der Waals surface area contributed by atoms with E-state index in [-0.39, 0.29) is 28.7 Å². The molecule has 0 saturated carbocycles. The van der Waals surface area contributed by atoms with E-state index < -0.39 is 5.56 Å². The zero-order valence-corrected chi connectivity index (χ0v) is 19.0. The Morgan fingerprint density at radius 1 is 1.18 bits per heavy atom. The van der Waals surface area contributed by atoms with E-state index in [2.05, 4.69) is 36.7 Å². The summed E-state index contributed by atoms with van der Waals surface area (Å²) >= 11 is 0. The summed E-state index contributed by atoms with van der Waals surface area (Å²) in [5.74, 6) is 0.360. The summed E-state index contributed by atoms with van der Waals surface area (Å²) < 4.78 is 3.86. The second kappa shape index (κ2) is 8.35. The van der Waals surface area contributed by atoms with Crippen LogP contribution in [-0.4, -0.2) is 38.2 Å². The molecule has 1 N–H and O–H groups in total. The van der Waals surface area contributed by atoms with Crippen LogP contribution in [0.15, 0.2) is 47.4 Å². The Morgan fingerprint density at radius 3 is 2.73 bits per heavy atom. The summed E-state index contributed by atoms with van der Waals surface area (Å²) in [6.07, 6.45) is 4.24. The molecule has 1 amide bonds. The van der Waals surface area contributed by atoms with Crippen molar-refractivity contribution in [3.05, 3.63) is 69.4 Å². The first kappa shape index (κ1) is 21.7. The third kappa shape index (κ3) is 3.83. The largest absolute Gasteiger partial charge is 0.733 e. The highest BCUT2D eigenvalue weighted by molar-refractivity contribution is 5.85. The van der Waals surface area contributed by atoms with Gasteiger partial charge in [-0.25, -0.2) is 0 Å². The van der Waals surface area contributed by atoms with Crippen molar-refractivity contribution in [2.24, 2.45) is 5.92 Å². The third-order valence-corrected chi connectivity index (χ3v) is 7.13. The number of likely N-dealkylation sites (tertiary alicyclic amines) is 1. The molecule has 0 spiro atoms. The normalized spacial score (nSPS) is 19.7. The average molecular weight is 450 g/mol. The molecule has 1 aromatic carbocycles. The molecule has 2 aliphatic heterocycles. The second-order valence-corrected chi connectivity index (χ2v) is 9.60. The van der Waals surface area contributed by atoms with Gasteiger partial charge in [0.15, 0.2) is 0 Å². The minimum atomic E-state index is -0.471. The number of piperidine rings is 1. The quantitative estimate of drug-likeness (QED) is 0.600. The SMILES string of the molecule is CC(C)n1cc(CCC(=O)N2CC3CC(C2)c2ccc(N([O-])O)c(=O)n2C3)c2ccccc21. The summed E-state index contributed by atoms with van der Waals surface area (Å²) in [5.41, 5.74) is 2.48. The fourth-order valence-electron chi connectivity index (χ4n) is 5.59. The number of hydrogen-bond donors (Lipinski definition) is 1. The minimum Gasteiger partial charge on any atom is -0.733 e. The lowest BCUT2D eigenvalue weighted by atomic mass is 9.83. The Hall–Kier alpha value is -3.10.